The molecule has 0 aromatic carbocycles. The zero-order valence-corrected chi connectivity index (χ0v) is 10.7. The minimum atomic E-state index is 0.906. The summed E-state index contributed by atoms with van der Waals surface area (Å²) in [5, 5.41) is 4.38. The smallest absolute Gasteiger partial charge is 0.142 e. The standard InChI is InChI=1S/C11H23N5/c1-5-7-16(6-2)8-10-9(3)14-15(4)11(10)13-12/h13H,5-8,12H2,1-4H3. The molecule has 16 heavy (non-hydrogen) atoms. The van der Waals surface area contributed by atoms with E-state index >= 15 is 0 Å². The Labute approximate surface area is 97.6 Å². The van der Waals surface area contributed by atoms with Gasteiger partial charge in [-0.05, 0) is 26.4 Å². The van der Waals surface area contributed by atoms with Crippen LogP contribution in [0.2, 0.25) is 0 Å². The molecule has 0 radical (unpaired) electrons. The molecule has 1 aromatic rings. The second kappa shape index (κ2) is 5.86. The highest BCUT2D eigenvalue weighted by atomic mass is 15.4. The maximum atomic E-state index is 5.53. The molecule has 0 aliphatic carbocycles. The van der Waals surface area contributed by atoms with E-state index in [0.717, 1.165) is 31.1 Å². The number of hydrazine groups is 1. The first kappa shape index (κ1) is 13.0. The van der Waals surface area contributed by atoms with Crippen molar-refractivity contribution in [2.45, 2.75) is 33.7 Å². The number of nitrogens with two attached hydrogens (primary N) is 1. The summed E-state index contributed by atoms with van der Waals surface area (Å²) in [4.78, 5) is 2.39. The van der Waals surface area contributed by atoms with Crippen molar-refractivity contribution in [2.24, 2.45) is 12.9 Å². The lowest BCUT2D eigenvalue weighted by Gasteiger charge is -2.19. The van der Waals surface area contributed by atoms with Gasteiger partial charge in [0.05, 0.1) is 5.69 Å². The number of hydrogen-bond acceptors (Lipinski definition) is 4. The number of anilines is 1. The third kappa shape index (κ3) is 2.74. The molecule has 0 spiro atoms. The molecule has 0 fully saturated rings. The second-order valence-electron chi connectivity index (χ2n) is 4.05. The molecule has 1 heterocycles. The van der Waals surface area contributed by atoms with Crippen LogP contribution < -0.4 is 11.3 Å². The molecule has 1 rings (SSSR count). The summed E-state index contributed by atoms with van der Waals surface area (Å²) in [6, 6.07) is 0. The van der Waals surface area contributed by atoms with Crippen LogP contribution in [0.15, 0.2) is 0 Å². The predicted molar refractivity (Wildman–Crippen MR) is 67.0 cm³/mol. The molecule has 0 unspecified atom stereocenters. The summed E-state index contributed by atoms with van der Waals surface area (Å²) < 4.78 is 1.80. The van der Waals surface area contributed by atoms with Gasteiger partial charge in [0.25, 0.3) is 0 Å². The molecule has 1 aromatic heterocycles. The number of nitrogen functional groups attached to an aromatic ring is 1. The Morgan fingerprint density at radius 1 is 1.44 bits per heavy atom. The van der Waals surface area contributed by atoms with Crippen LogP contribution in [0.3, 0.4) is 0 Å². The highest BCUT2D eigenvalue weighted by Crippen LogP contribution is 2.19. The van der Waals surface area contributed by atoms with E-state index in [9.17, 15) is 0 Å². The van der Waals surface area contributed by atoms with E-state index in [1.54, 1.807) is 4.68 Å². The SMILES string of the molecule is CCCN(CC)Cc1c(C)nn(C)c1NN. The van der Waals surface area contributed by atoms with E-state index in [-0.39, 0.29) is 0 Å². The maximum Gasteiger partial charge on any atom is 0.142 e. The van der Waals surface area contributed by atoms with Crippen molar-refractivity contribution in [3.05, 3.63) is 11.3 Å². The lowest BCUT2D eigenvalue weighted by Crippen LogP contribution is -2.25. The number of hydrogen-bond donors (Lipinski definition) is 2. The first-order chi connectivity index (χ1) is 7.63. The van der Waals surface area contributed by atoms with E-state index in [4.69, 9.17) is 5.84 Å². The van der Waals surface area contributed by atoms with Gasteiger partial charge in [-0.15, -0.1) is 0 Å². The van der Waals surface area contributed by atoms with Gasteiger partial charge in [-0.2, -0.15) is 5.10 Å². The Kier molecular flexibility index (Phi) is 4.76. The maximum absolute atomic E-state index is 5.53. The lowest BCUT2D eigenvalue weighted by molar-refractivity contribution is 0.280. The van der Waals surface area contributed by atoms with Crippen molar-refractivity contribution < 1.29 is 0 Å². The minimum absolute atomic E-state index is 0.906. The number of nitrogens with one attached hydrogen (secondary N) is 1. The van der Waals surface area contributed by atoms with Crippen molar-refractivity contribution in [3.63, 3.8) is 0 Å². The van der Waals surface area contributed by atoms with Crippen LogP contribution in [0.1, 0.15) is 31.5 Å². The first-order valence-electron chi connectivity index (χ1n) is 5.85. The van der Waals surface area contributed by atoms with Gasteiger partial charge in [0.15, 0.2) is 0 Å². The van der Waals surface area contributed by atoms with Crippen LogP contribution in [0, 0.1) is 6.92 Å². The minimum Gasteiger partial charge on any atom is -0.308 e. The van der Waals surface area contributed by atoms with Crippen LogP contribution in [0.25, 0.3) is 0 Å². The van der Waals surface area contributed by atoms with Crippen LogP contribution in [-0.4, -0.2) is 27.8 Å². The van der Waals surface area contributed by atoms with Crippen LogP contribution in [-0.2, 0) is 13.6 Å². The van der Waals surface area contributed by atoms with Gasteiger partial charge in [0.2, 0.25) is 0 Å². The zero-order valence-electron chi connectivity index (χ0n) is 10.7. The van der Waals surface area contributed by atoms with E-state index < -0.39 is 0 Å². The second-order valence-corrected chi connectivity index (χ2v) is 4.05. The summed E-state index contributed by atoms with van der Waals surface area (Å²) in [5.74, 6) is 6.44. The molecule has 0 saturated carbocycles. The van der Waals surface area contributed by atoms with E-state index in [1.165, 1.54) is 12.0 Å². The fourth-order valence-corrected chi connectivity index (χ4v) is 1.96. The average Bonchev–Trinajstić information content (AvgIpc) is 2.52. The molecule has 0 bridgehead atoms. The summed E-state index contributed by atoms with van der Waals surface area (Å²) in [7, 11) is 1.90. The number of aryl methyl sites for hydroxylation is 2. The van der Waals surface area contributed by atoms with Gasteiger partial charge >= 0.3 is 0 Å². The molecular formula is C11H23N5. The predicted octanol–water partition coefficient (Wildman–Crippen LogP) is 1.25. The highest BCUT2D eigenvalue weighted by molar-refractivity contribution is 5.46. The Hall–Kier alpha value is -1.07. The van der Waals surface area contributed by atoms with E-state index in [2.05, 4.69) is 29.3 Å². The van der Waals surface area contributed by atoms with Gasteiger partial charge in [0.1, 0.15) is 5.82 Å². The zero-order chi connectivity index (χ0) is 12.1. The van der Waals surface area contributed by atoms with Crippen molar-refractivity contribution in [1.82, 2.24) is 14.7 Å². The monoisotopic (exact) mass is 225 g/mol. The number of nitrogens with zero attached hydrogens (tertiary/aromatic N) is 3. The molecule has 3 N–H and O–H groups in total. The molecular weight excluding hydrogens is 202 g/mol. The van der Waals surface area contributed by atoms with Crippen molar-refractivity contribution in [2.75, 3.05) is 18.5 Å². The van der Waals surface area contributed by atoms with Crippen molar-refractivity contribution >= 4 is 5.82 Å². The van der Waals surface area contributed by atoms with Crippen molar-refractivity contribution in [3.8, 4) is 0 Å². The van der Waals surface area contributed by atoms with Gasteiger partial charge in [-0.3, -0.25) is 9.58 Å². The third-order valence-electron chi connectivity index (χ3n) is 2.85. The van der Waals surface area contributed by atoms with Gasteiger partial charge in [-0.25, -0.2) is 5.84 Å². The van der Waals surface area contributed by atoms with Gasteiger partial charge < -0.3 is 5.43 Å². The number of rotatable bonds is 6. The Balaban J connectivity index is 2.86. The molecule has 0 amide bonds. The Bertz CT molecular complexity index is 331. The molecule has 92 valence electrons. The van der Waals surface area contributed by atoms with Gasteiger partial charge in [0, 0.05) is 19.2 Å². The van der Waals surface area contributed by atoms with Crippen LogP contribution in [0.5, 0.6) is 0 Å². The topological polar surface area (TPSA) is 59.1 Å². The Morgan fingerprint density at radius 2 is 2.12 bits per heavy atom. The molecule has 0 atom stereocenters. The van der Waals surface area contributed by atoms with Crippen molar-refractivity contribution in [1.29, 1.82) is 0 Å². The highest BCUT2D eigenvalue weighted by Gasteiger charge is 2.14. The van der Waals surface area contributed by atoms with E-state index in [0.29, 0.717) is 0 Å². The van der Waals surface area contributed by atoms with Crippen LogP contribution >= 0.6 is 0 Å². The third-order valence-corrected chi connectivity index (χ3v) is 2.85. The Morgan fingerprint density at radius 3 is 2.62 bits per heavy atom. The fourth-order valence-electron chi connectivity index (χ4n) is 1.96. The fraction of sp³-hybridized carbons (Fsp3) is 0.727. The molecule has 0 aliphatic rings. The van der Waals surface area contributed by atoms with Gasteiger partial charge in [-0.1, -0.05) is 13.8 Å². The quantitative estimate of drug-likeness (QED) is 0.565. The van der Waals surface area contributed by atoms with Crippen LogP contribution in [0.4, 0.5) is 5.82 Å². The summed E-state index contributed by atoms with van der Waals surface area (Å²) in [6.45, 7) is 9.46. The molecule has 5 nitrogen and oxygen atoms in total. The summed E-state index contributed by atoms with van der Waals surface area (Å²) >= 11 is 0. The molecule has 0 aliphatic heterocycles. The summed E-state index contributed by atoms with van der Waals surface area (Å²) in [6.07, 6.45) is 1.17. The van der Waals surface area contributed by atoms with E-state index in [1.807, 2.05) is 14.0 Å². The lowest BCUT2D eigenvalue weighted by atomic mass is 10.2. The largest absolute Gasteiger partial charge is 0.308 e. The normalized spacial score (nSPS) is 11.1. The molecule has 5 heteroatoms. The molecule has 0 saturated heterocycles. The average molecular weight is 225 g/mol. The number of aromatic nitrogens is 2. The summed E-state index contributed by atoms with van der Waals surface area (Å²) in [5.41, 5.74) is 4.97. The first-order valence-corrected chi connectivity index (χ1v) is 5.85.